The molecule has 0 spiro atoms. The van der Waals surface area contributed by atoms with Gasteiger partial charge in [0.1, 0.15) is 0 Å². The average molecular weight is 279 g/mol. The fourth-order valence-corrected chi connectivity index (χ4v) is 1.82. The van der Waals surface area contributed by atoms with Gasteiger partial charge in [-0.25, -0.2) is 4.39 Å². The molecule has 0 atom stereocenters. The number of rotatable bonds is 3. The van der Waals surface area contributed by atoms with Gasteiger partial charge in [-0.05, 0) is 23.8 Å². The van der Waals surface area contributed by atoms with Crippen LogP contribution in [0.3, 0.4) is 0 Å². The number of nitrogens with two attached hydrogens (primary N) is 1. The number of hydrogen-bond donors (Lipinski definition) is 2. The predicted octanol–water partition coefficient (Wildman–Crippen LogP) is 2.99. The van der Waals surface area contributed by atoms with Gasteiger partial charge < -0.3 is 11.1 Å². The van der Waals surface area contributed by atoms with E-state index >= 15 is 0 Å². The monoisotopic (exact) mass is 278 g/mol. The summed E-state index contributed by atoms with van der Waals surface area (Å²) in [6.45, 7) is 0.234. The van der Waals surface area contributed by atoms with Crippen LogP contribution in [0.15, 0.2) is 42.5 Å². The third-order valence-corrected chi connectivity index (χ3v) is 2.98. The standard InChI is InChI=1S/C14H12ClFN2O/c15-11-6-3-5-10(13(11)16)14(19)18-8-9-4-1-2-7-12(9)17/h1-7H,8,17H2,(H,18,19). The van der Waals surface area contributed by atoms with E-state index in [2.05, 4.69) is 5.32 Å². The highest BCUT2D eigenvalue weighted by Gasteiger charge is 2.13. The van der Waals surface area contributed by atoms with E-state index < -0.39 is 11.7 Å². The lowest BCUT2D eigenvalue weighted by molar-refractivity contribution is 0.0947. The molecule has 0 radical (unpaired) electrons. The Hall–Kier alpha value is -2.07. The molecule has 0 aliphatic carbocycles. The van der Waals surface area contributed by atoms with Crippen LogP contribution in [0.5, 0.6) is 0 Å². The molecule has 0 fully saturated rings. The van der Waals surface area contributed by atoms with E-state index in [0.29, 0.717) is 5.69 Å². The Balaban J connectivity index is 2.10. The average Bonchev–Trinajstić information content (AvgIpc) is 2.40. The Morgan fingerprint density at radius 2 is 1.95 bits per heavy atom. The lowest BCUT2D eigenvalue weighted by atomic mass is 10.1. The van der Waals surface area contributed by atoms with Crippen LogP contribution in [0.25, 0.3) is 0 Å². The van der Waals surface area contributed by atoms with Gasteiger partial charge in [-0.1, -0.05) is 35.9 Å². The molecular formula is C14H12ClFN2O. The molecule has 0 saturated heterocycles. The van der Waals surface area contributed by atoms with Gasteiger partial charge in [0.25, 0.3) is 5.91 Å². The lowest BCUT2D eigenvalue weighted by Gasteiger charge is -2.08. The molecule has 0 aromatic heterocycles. The molecule has 0 saturated carbocycles. The summed E-state index contributed by atoms with van der Waals surface area (Å²) in [5.74, 6) is -1.24. The van der Waals surface area contributed by atoms with Crippen LogP contribution in [0.2, 0.25) is 5.02 Å². The fourth-order valence-electron chi connectivity index (χ4n) is 1.65. The summed E-state index contributed by atoms with van der Waals surface area (Å²) in [7, 11) is 0. The molecule has 0 bridgehead atoms. The topological polar surface area (TPSA) is 55.1 Å². The second-order valence-corrected chi connectivity index (χ2v) is 4.39. The van der Waals surface area contributed by atoms with Crippen molar-refractivity contribution >= 4 is 23.2 Å². The van der Waals surface area contributed by atoms with Crippen LogP contribution in [-0.2, 0) is 6.54 Å². The molecular weight excluding hydrogens is 267 g/mol. The van der Waals surface area contributed by atoms with Crippen molar-refractivity contribution in [1.82, 2.24) is 5.32 Å². The van der Waals surface area contributed by atoms with Crippen LogP contribution in [-0.4, -0.2) is 5.91 Å². The first-order valence-corrected chi connectivity index (χ1v) is 6.03. The molecule has 3 nitrogen and oxygen atoms in total. The van der Waals surface area contributed by atoms with Crippen molar-refractivity contribution in [2.75, 3.05) is 5.73 Å². The summed E-state index contributed by atoms with van der Waals surface area (Å²) in [6.07, 6.45) is 0. The Bertz CT molecular complexity index is 616. The number of para-hydroxylation sites is 1. The molecule has 2 aromatic rings. The van der Waals surface area contributed by atoms with Gasteiger partial charge in [0.15, 0.2) is 5.82 Å². The summed E-state index contributed by atoms with van der Waals surface area (Å²) in [4.78, 5) is 11.9. The van der Waals surface area contributed by atoms with E-state index in [1.165, 1.54) is 18.2 Å². The zero-order chi connectivity index (χ0) is 13.8. The molecule has 1 amide bonds. The summed E-state index contributed by atoms with van der Waals surface area (Å²) in [6, 6.07) is 11.4. The molecule has 0 unspecified atom stereocenters. The highest BCUT2D eigenvalue weighted by Crippen LogP contribution is 2.18. The second-order valence-electron chi connectivity index (χ2n) is 3.98. The van der Waals surface area contributed by atoms with E-state index in [4.69, 9.17) is 17.3 Å². The maximum Gasteiger partial charge on any atom is 0.254 e. The van der Waals surface area contributed by atoms with Crippen molar-refractivity contribution in [3.05, 3.63) is 64.4 Å². The van der Waals surface area contributed by atoms with Crippen molar-refractivity contribution in [3.63, 3.8) is 0 Å². The Labute approximate surface area is 115 Å². The quantitative estimate of drug-likeness (QED) is 0.848. The lowest BCUT2D eigenvalue weighted by Crippen LogP contribution is -2.24. The summed E-state index contributed by atoms with van der Waals surface area (Å²) < 4.78 is 13.6. The highest BCUT2D eigenvalue weighted by atomic mass is 35.5. The van der Waals surface area contributed by atoms with Crippen LogP contribution < -0.4 is 11.1 Å². The fraction of sp³-hybridized carbons (Fsp3) is 0.0714. The van der Waals surface area contributed by atoms with Gasteiger partial charge in [-0.15, -0.1) is 0 Å². The minimum Gasteiger partial charge on any atom is -0.398 e. The van der Waals surface area contributed by atoms with Gasteiger partial charge in [0.05, 0.1) is 10.6 Å². The highest BCUT2D eigenvalue weighted by molar-refractivity contribution is 6.31. The maximum atomic E-state index is 13.6. The predicted molar refractivity (Wildman–Crippen MR) is 73.4 cm³/mol. The van der Waals surface area contributed by atoms with Crippen molar-refractivity contribution in [1.29, 1.82) is 0 Å². The summed E-state index contributed by atoms with van der Waals surface area (Å²) >= 11 is 5.63. The van der Waals surface area contributed by atoms with Crippen molar-refractivity contribution in [3.8, 4) is 0 Å². The number of hydrogen-bond acceptors (Lipinski definition) is 2. The zero-order valence-electron chi connectivity index (χ0n) is 9.99. The van der Waals surface area contributed by atoms with Crippen LogP contribution in [0.1, 0.15) is 15.9 Å². The molecule has 0 heterocycles. The Morgan fingerprint density at radius 3 is 2.68 bits per heavy atom. The third kappa shape index (κ3) is 3.03. The molecule has 3 N–H and O–H groups in total. The number of amides is 1. The van der Waals surface area contributed by atoms with Crippen LogP contribution in [0.4, 0.5) is 10.1 Å². The minimum atomic E-state index is -0.720. The van der Waals surface area contributed by atoms with E-state index in [1.807, 2.05) is 6.07 Å². The smallest absolute Gasteiger partial charge is 0.254 e. The zero-order valence-corrected chi connectivity index (χ0v) is 10.7. The number of nitrogen functional groups attached to an aromatic ring is 1. The van der Waals surface area contributed by atoms with Gasteiger partial charge in [0, 0.05) is 12.2 Å². The molecule has 5 heteroatoms. The SMILES string of the molecule is Nc1ccccc1CNC(=O)c1cccc(Cl)c1F. The summed E-state index contributed by atoms with van der Waals surface area (Å²) in [5.41, 5.74) is 7.03. The maximum absolute atomic E-state index is 13.6. The number of benzene rings is 2. The molecule has 0 aliphatic heterocycles. The van der Waals surface area contributed by atoms with Gasteiger partial charge in [-0.2, -0.15) is 0 Å². The number of anilines is 1. The Kier molecular flexibility index (Phi) is 4.02. The molecule has 19 heavy (non-hydrogen) atoms. The van der Waals surface area contributed by atoms with Crippen LogP contribution in [0, 0.1) is 5.82 Å². The first-order valence-electron chi connectivity index (χ1n) is 5.65. The van der Waals surface area contributed by atoms with Crippen molar-refractivity contribution in [2.45, 2.75) is 6.54 Å². The van der Waals surface area contributed by atoms with E-state index in [1.54, 1.807) is 18.2 Å². The first-order chi connectivity index (χ1) is 9.09. The Morgan fingerprint density at radius 1 is 1.21 bits per heavy atom. The van der Waals surface area contributed by atoms with Crippen molar-refractivity contribution < 1.29 is 9.18 Å². The van der Waals surface area contributed by atoms with Gasteiger partial charge in [0.2, 0.25) is 0 Å². The van der Waals surface area contributed by atoms with Gasteiger partial charge >= 0.3 is 0 Å². The van der Waals surface area contributed by atoms with E-state index in [9.17, 15) is 9.18 Å². The molecule has 0 aliphatic rings. The first kappa shape index (κ1) is 13.4. The van der Waals surface area contributed by atoms with Crippen LogP contribution >= 0.6 is 11.6 Å². The number of carbonyl (C=O) groups excluding carboxylic acids is 1. The third-order valence-electron chi connectivity index (χ3n) is 2.69. The minimum absolute atomic E-state index is 0.0770. The number of carbonyl (C=O) groups is 1. The van der Waals surface area contributed by atoms with E-state index in [-0.39, 0.29) is 17.1 Å². The molecule has 2 rings (SSSR count). The largest absolute Gasteiger partial charge is 0.398 e. The summed E-state index contributed by atoms with van der Waals surface area (Å²) in [5, 5.41) is 2.53. The van der Waals surface area contributed by atoms with Crippen molar-refractivity contribution in [2.24, 2.45) is 0 Å². The second kappa shape index (κ2) is 5.71. The molecule has 2 aromatic carbocycles. The normalized spacial score (nSPS) is 10.2. The van der Waals surface area contributed by atoms with E-state index in [0.717, 1.165) is 5.56 Å². The number of nitrogens with one attached hydrogen (secondary N) is 1. The van der Waals surface area contributed by atoms with Gasteiger partial charge in [-0.3, -0.25) is 4.79 Å². The molecule has 98 valence electrons. The number of halogens is 2.